The number of hydrogen-bond acceptors (Lipinski definition) is 4. The lowest BCUT2D eigenvalue weighted by atomic mass is 10.1. The Kier molecular flexibility index (Phi) is 3.74. The first-order chi connectivity index (χ1) is 8.54. The number of nitrogens with one attached hydrogen (secondary N) is 1. The maximum atomic E-state index is 11.9. The van der Waals surface area contributed by atoms with Crippen molar-refractivity contribution in [2.24, 2.45) is 0 Å². The fourth-order valence-electron chi connectivity index (χ4n) is 1.74. The molecule has 94 valence electrons. The number of carbonyl (C=O) groups excluding carboxylic acids is 3. The van der Waals surface area contributed by atoms with Crippen LogP contribution in [0.15, 0.2) is 24.3 Å². The number of hydrogen-bond donors (Lipinski definition) is 1. The van der Waals surface area contributed by atoms with E-state index in [0.29, 0.717) is 10.6 Å². The first-order valence-electron chi connectivity index (χ1n) is 5.38. The molecule has 1 aromatic rings. The van der Waals surface area contributed by atoms with Gasteiger partial charge in [0.25, 0.3) is 0 Å². The predicted octanol–water partition coefficient (Wildman–Crippen LogP) is 0.481. The minimum Gasteiger partial charge on any atom is -0.294 e. The summed E-state index contributed by atoms with van der Waals surface area (Å²) in [4.78, 5) is 35.7. The molecule has 2 rings (SSSR count). The summed E-state index contributed by atoms with van der Waals surface area (Å²) in [6.07, 6.45) is 0. The normalized spacial score (nSPS) is 16.5. The van der Waals surface area contributed by atoms with E-state index in [0.717, 1.165) is 0 Å². The van der Waals surface area contributed by atoms with Gasteiger partial charge in [-0.2, -0.15) is 0 Å². The number of halogens is 1. The van der Waals surface area contributed by atoms with Crippen molar-refractivity contribution in [2.75, 3.05) is 19.6 Å². The van der Waals surface area contributed by atoms with Crippen molar-refractivity contribution >= 4 is 29.2 Å². The van der Waals surface area contributed by atoms with Crippen LogP contribution in [-0.2, 0) is 9.59 Å². The molecule has 0 radical (unpaired) electrons. The summed E-state index contributed by atoms with van der Waals surface area (Å²) in [6, 6.07) is 6.50. The van der Waals surface area contributed by atoms with Crippen LogP contribution >= 0.6 is 11.6 Å². The Labute approximate surface area is 109 Å². The highest BCUT2D eigenvalue weighted by molar-refractivity contribution is 6.30. The van der Waals surface area contributed by atoms with Crippen molar-refractivity contribution < 1.29 is 14.4 Å². The van der Waals surface area contributed by atoms with E-state index in [9.17, 15) is 14.4 Å². The molecule has 1 N–H and O–H groups in total. The van der Waals surface area contributed by atoms with Crippen molar-refractivity contribution in [1.82, 2.24) is 10.2 Å². The molecule has 6 heteroatoms. The smallest absolute Gasteiger partial charge is 0.240 e. The maximum absolute atomic E-state index is 11.9. The van der Waals surface area contributed by atoms with Crippen LogP contribution in [0.3, 0.4) is 0 Å². The van der Waals surface area contributed by atoms with Crippen molar-refractivity contribution in [2.45, 2.75) is 0 Å². The molecule has 1 fully saturated rings. The van der Waals surface area contributed by atoms with E-state index in [1.807, 2.05) is 0 Å². The molecule has 18 heavy (non-hydrogen) atoms. The summed E-state index contributed by atoms with van der Waals surface area (Å²) in [7, 11) is 0. The van der Waals surface area contributed by atoms with Gasteiger partial charge < -0.3 is 0 Å². The second-order valence-corrected chi connectivity index (χ2v) is 4.48. The van der Waals surface area contributed by atoms with Gasteiger partial charge in [0.05, 0.1) is 19.6 Å². The van der Waals surface area contributed by atoms with Crippen molar-refractivity contribution in [1.29, 1.82) is 0 Å². The third-order valence-electron chi connectivity index (χ3n) is 2.55. The molecule has 0 saturated carbocycles. The van der Waals surface area contributed by atoms with Crippen molar-refractivity contribution in [3.63, 3.8) is 0 Å². The summed E-state index contributed by atoms with van der Waals surface area (Å²) >= 11 is 5.73. The maximum Gasteiger partial charge on any atom is 0.240 e. The molecular formula is C12H11ClN2O3. The highest BCUT2D eigenvalue weighted by Gasteiger charge is 2.24. The molecule has 1 heterocycles. The minimum atomic E-state index is -0.379. The minimum absolute atomic E-state index is 0.0425. The largest absolute Gasteiger partial charge is 0.294 e. The number of benzene rings is 1. The van der Waals surface area contributed by atoms with Crippen LogP contribution in [0.2, 0.25) is 5.02 Å². The monoisotopic (exact) mass is 266 g/mol. The van der Waals surface area contributed by atoms with E-state index < -0.39 is 0 Å². The Balaban J connectivity index is 2.00. The van der Waals surface area contributed by atoms with Gasteiger partial charge in [-0.05, 0) is 24.3 Å². The lowest BCUT2D eigenvalue weighted by molar-refractivity contribution is -0.135. The summed E-state index contributed by atoms with van der Waals surface area (Å²) in [6.45, 7) is 0.164. The van der Waals surface area contributed by atoms with Gasteiger partial charge in [-0.3, -0.25) is 24.6 Å². The van der Waals surface area contributed by atoms with Crippen LogP contribution < -0.4 is 5.32 Å². The van der Waals surface area contributed by atoms with Crippen LogP contribution in [0.4, 0.5) is 0 Å². The zero-order chi connectivity index (χ0) is 13.1. The summed E-state index contributed by atoms with van der Waals surface area (Å²) in [5.41, 5.74) is 0.512. The number of carbonyl (C=O) groups is 3. The van der Waals surface area contributed by atoms with E-state index in [-0.39, 0.29) is 37.2 Å². The SMILES string of the molecule is O=C1CN(CC(=O)c2ccc(Cl)cc2)CC(=O)N1. The average molecular weight is 267 g/mol. The number of rotatable bonds is 3. The van der Waals surface area contributed by atoms with E-state index in [1.54, 1.807) is 24.3 Å². The van der Waals surface area contributed by atoms with Crippen LogP contribution in [0, 0.1) is 0 Å². The zero-order valence-corrected chi connectivity index (χ0v) is 10.2. The first-order valence-corrected chi connectivity index (χ1v) is 5.76. The number of amides is 2. The number of imide groups is 1. The Bertz CT molecular complexity index is 483. The van der Waals surface area contributed by atoms with Gasteiger partial charge in [0.1, 0.15) is 0 Å². The van der Waals surface area contributed by atoms with Crippen molar-refractivity contribution in [3.8, 4) is 0 Å². The molecule has 1 aliphatic rings. The first kappa shape index (κ1) is 12.7. The number of nitrogens with zero attached hydrogens (tertiary/aromatic N) is 1. The Morgan fingerprint density at radius 1 is 1.17 bits per heavy atom. The highest BCUT2D eigenvalue weighted by atomic mass is 35.5. The van der Waals surface area contributed by atoms with Crippen LogP contribution in [0.1, 0.15) is 10.4 Å². The topological polar surface area (TPSA) is 66.5 Å². The molecule has 1 aromatic carbocycles. The Hall–Kier alpha value is -1.72. The number of Topliss-reactive ketones (excluding diaryl/α,β-unsaturated/α-hetero) is 1. The van der Waals surface area contributed by atoms with Gasteiger partial charge in [0.2, 0.25) is 11.8 Å². The lowest BCUT2D eigenvalue weighted by Crippen LogP contribution is -2.52. The van der Waals surface area contributed by atoms with E-state index in [4.69, 9.17) is 11.6 Å². The molecule has 0 aromatic heterocycles. The van der Waals surface area contributed by atoms with Crippen LogP contribution in [0.25, 0.3) is 0 Å². The molecule has 0 bridgehead atoms. The van der Waals surface area contributed by atoms with E-state index in [2.05, 4.69) is 5.32 Å². The van der Waals surface area contributed by atoms with E-state index >= 15 is 0 Å². The van der Waals surface area contributed by atoms with E-state index in [1.165, 1.54) is 4.90 Å². The second kappa shape index (κ2) is 5.29. The van der Waals surface area contributed by atoms with Gasteiger partial charge in [0.15, 0.2) is 5.78 Å². The molecule has 1 saturated heterocycles. The molecule has 1 aliphatic heterocycles. The molecule has 0 unspecified atom stereocenters. The molecule has 2 amide bonds. The number of ketones is 1. The van der Waals surface area contributed by atoms with Gasteiger partial charge in [-0.15, -0.1) is 0 Å². The fourth-order valence-corrected chi connectivity index (χ4v) is 1.86. The van der Waals surface area contributed by atoms with Gasteiger partial charge >= 0.3 is 0 Å². The molecule has 0 atom stereocenters. The van der Waals surface area contributed by atoms with Gasteiger partial charge in [-0.1, -0.05) is 11.6 Å². The molecular weight excluding hydrogens is 256 g/mol. The quantitative estimate of drug-likeness (QED) is 0.638. The molecule has 0 spiro atoms. The van der Waals surface area contributed by atoms with Crippen molar-refractivity contribution in [3.05, 3.63) is 34.9 Å². The second-order valence-electron chi connectivity index (χ2n) is 4.05. The third kappa shape index (κ3) is 3.15. The molecule has 0 aliphatic carbocycles. The van der Waals surface area contributed by atoms with Gasteiger partial charge in [-0.25, -0.2) is 0 Å². The van der Waals surface area contributed by atoms with Gasteiger partial charge in [0, 0.05) is 10.6 Å². The molecule has 5 nitrogen and oxygen atoms in total. The predicted molar refractivity (Wildman–Crippen MR) is 65.4 cm³/mol. The van der Waals surface area contributed by atoms with Crippen LogP contribution in [0.5, 0.6) is 0 Å². The van der Waals surface area contributed by atoms with Crippen LogP contribution in [-0.4, -0.2) is 42.1 Å². The summed E-state index contributed by atoms with van der Waals surface area (Å²) < 4.78 is 0. The zero-order valence-electron chi connectivity index (χ0n) is 9.48. The lowest BCUT2D eigenvalue weighted by Gasteiger charge is -2.24. The highest BCUT2D eigenvalue weighted by Crippen LogP contribution is 2.10. The third-order valence-corrected chi connectivity index (χ3v) is 2.80. The summed E-state index contributed by atoms with van der Waals surface area (Å²) in [5.74, 6) is -0.903. The average Bonchev–Trinajstić information content (AvgIpc) is 2.28. The Morgan fingerprint density at radius 2 is 1.72 bits per heavy atom. The number of piperazine rings is 1. The summed E-state index contributed by atoms with van der Waals surface area (Å²) in [5, 5.41) is 2.74. The fraction of sp³-hybridized carbons (Fsp3) is 0.250. The Morgan fingerprint density at radius 3 is 2.28 bits per heavy atom. The standard InChI is InChI=1S/C12H11ClN2O3/c13-9-3-1-8(2-4-9)10(16)5-15-6-11(17)14-12(18)7-15/h1-4H,5-7H2,(H,14,17,18).